The highest BCUT2D eigenvalue weighted by Crippen LogP contribution is 2.19. The number of hydrogen-bond acceptors (Lipinski definition) is 4. The molecule has 1 aliphatic rings. The quantitative estimate of drug-likeness (QED) is 0.879. The smallest absolute Gasteiger partial charge is 0.238 e. The van der Waals surface area contributed by atoms with Gasteiger partial charge in [0.05, 0.1) is 32.4 Å². The van der Waals surface area contributed by atoms with Crippen molar-refractivity contribution in [2.24, 2.45) is 0 Å². The first kappa shape index (κ1) is 15.3. The molecule has 0 saturated carbocycles. The average molecular weight is 299 g/mol. The molecule has 0 radical (unpaired) electrons. The van der Waals surface area contributed by atoms with E-state index in [-0.39, 0.29) is 25.1 Å². The van der Waals surface area contributed by atoms with Crippen LogP contribution in [0.25, 0.3) is 0 Å². The summed E-state index contributed by atoms with van der Waals surface area (Å²) in [6, 6.07) is 5.23. The van der Waals surface area contributed by atoms with Crippen LogP contribution in [0.4, 0.5) is 5.69 Å². The van der Waals surface area contributed by atoms with Gasteiger partial charge in [0.15, 0.2) is 0 Å². The Morgan fingerprint density at radius 3 is 3.10 bits per heavy atom. The van der Waals surface area contributed by atoms with E-state index in [1.54, 1.807) is 12.1 Å². The van der Waals surface area contributed by atoms with Crippen molar-refractivity contribution in [3.8, 4) is 0 Å². The highest BCUT2D eigenvalue weighted by molar-refractivity contribution is 6.30. The molecule has 1 aromatic carbocycles. The molecule has 1 amide bonds. The normalized spacial score (nSPS) is 19.9. The number of amides is 1. The van der Waals surface area contributed by atoms with Gasteiger partial charge in [0.2, 0.25) is 5.91 Å². The minimum absolute atomic E-state index is 0.00669. The number of aliphatic hydroxyl groups excluding tert-OH is 1. The summed E-state index contributed by atoms with van der Waals surface area (Å²) in [5.41, 5.74) is 1.68. The number of carbonyl (C=O) groups excluding carboxylic acids is 1. The van der Waals surface area contributed by atoms with Gasteiger partial charge in [-0.25, -0.2) is 0 Å². The van der Waals surface area contributed by atoms with Crippen molar-refractivity contribution in [1.82, 2.24) is 4.90 Å². The topological polar surface area (TPSA) is 61.8 Å². The third kappa shape index (κ3) is 3.93. The molecule has 2 N–H and O–H groups in total. The lowest BCUT2D eigenvalue weighted by atomic mass is 10.2. The zero-order chi connectivity index (χ0) is 14.5. The van der Waals surface area contributed by atoms with Crippen LogP contribution in [0.3, 0.4) is 0 Å². The fourth-order valence-corrected chi connectivity index (χ4v) is 2.43. The van der Waals surface area contributed by atoms with Gasteiger partial charge < -0.3 is 15.2 Å². The predicted molar refractivity (Wildman–Crippen MR) is 78.1 cm³/mol. The molecule has 5 nitrogen and oxygen atoms in total. The van der Waals surface area contributed by atoms with Crippen molar-refractivity contribution in [3.05, 3.63) is 28.8 Å². The molecule has 1 fully saturated rings. The van der Waals surface area contributed by atoms with Crippen LogP contribution >= 0.6 is 11.6 Å². The third-order valence-corrected chi connectivity index (χ3v) is 3.60. The van der Waals surface area contributed by atoms with Crippen molar-refractivity contribution in [3.63, 3.8) is 0 Å². The molecule has 0 bridgehead atoms. The fourth-order valence-electron chi connectivity index (χ4n) is 2.21. The standard InChI is InChI=1S/C14H19ClN2O3/c1-10-6-11(15)2-3-13(10)16-14(19)7-17-4-5-20-9-12(17)8-18/h2-3,6,12,18H,4-5,7-9H2,1H3,(H,16,19). The second-order valence-corrected chi connectivity index (χ2v) is 5.33. The Morgan fingerprint density at radius 1 is 1.60 bits per heavy atom. The second kappa shape index (κ2) is 7.04. The summed E-state index contributed by atoms with van der Waals surface area (Å²) in [4.78, 5) is 14.0. The molecule has 0 aromatic heterocycles. The Labute approximate surface area is 123 Å². The number of ether oxygens (including phenoxy) is 1. The molecule has 6 heteroatoms. The Hall–Kier alpha value is -1.14. The van der Waals surface area contributed by atoms with Gasteiger partial charge in [-0.15, -0.1) is 0 Å². The van der Waals surface area contributed by atoms with Crippen LogP contribution in [0.5, 0.6) is 0 Å². The van der Waals surface area contributed by atoms with Crippen molar-refractivity contribution in [2.45, 2.75) is 13.0 Å². The molecule has 1 atom stereocenters. The maximum Gasteiger partial charge on any atom is 0.238 e. The van der Waals surface area contributed by atoms with E-state index in [9.17, 15) is 9.90 Å². The Morgan fingerprint density at radius 2 is 2.40 bits per heavy atom. The Kier molecular flexibility index (Phi) is 5.37. The molecule has 110 valence electrons. The second-order valence-electron chi connectivity index (χ2n) is 4.89. The van der Waals surface area contributed by atoms with Gasteiger partial charge in [-0.3, -0.25) is 9.69 Å². The lowest BCUT2D eigenvalue weighted by Crippen LogP contribution is -2.50. The summed E-state index contributed by atoms with van der Waals surface area (Å²) in [5.74, 6) is -0.101. The van der Waals surface area contributed by atoms with Crippen molar-refractivity contribution in [1.29, 1.82) is 0 Å². The molecule has 1 saturated heterocycles. The molecule has 20 heavy (non-hydrogen) atoms. The molecule has 1 aliphatic heterocycles. The maximum absolute atomic E-state index is 12.1. The number of anilines is 1. The maximum atomic E-state index is 12.1. The summed E-state index contributed by atoms with van der Waals surface area (Å²) in [5, 5.41) is 12.8. The predicted octanol–water partition coefficient (Wildman–Crippen LogP) is 1.28. The summed E-state index contributed by atoms with van der Waals surface area (Å²) in [6.07, 6.45) is 0. The summed E-state index contributed by atoms with van der Waals surface area (Å²) < 4.78 is 5.29. The van der Waals surface area contributed by atoms with E-state index >= 15 is 0 Å². The number of aryl methyl sites for hydroxylation is 1. The van der Waals surface area contributed by atoms with Crippen LogP contribution in [0, 0.1) is 6.92 Å². The molecule has 0 aliphatic carbocycles. The number of benzene rings is 1. The van der Waals surface area contributed by atoms with E-state index in [4.69, 9.17) is 16.3 Å². The average Bonchev–Trinajstić information content (AvgIpc) is 2.42. The van der Waals surface area contributed by atoms with E-state index in [0.717, 1.165) is 11.3 Å². The van der Waals surface area contributed by atoms with Crippen LogP contribution < -0.4 is 5.32 Å². The van der Waals surface area contributed by atoms with Gasteiger partial charge in [0.1, 0.15) is 0 Å². The summed E-state index contributed by atoms with van der Waals surface area (Å²) >= 11 is 5.88. The third-order valence-electron chi connectivity index (χ3n) is 3.37. The zero-order valence-electron chi connectivity index (χ0n) is 11.4. The Balaban J connectivity index is 1.94. The molecule has 1 aromatic rings. The fraction of sp³-hybridized carbons (Fsp3) is 0.500. The molecular weight excluding hydrogens is 280 g/mol. The van der Waals surface area contributed by atoms with Gasteiger partial charge >= 0.3 is 0 Å². The van der Waals surface area contributed by atoms with Gasteiger partial charge in [0.25, 0.3) is 0 Å². The minimum Gasteiger partial charge on any atom is -0.395 e. The van der Waals surface area contributed by atoms with Crippen LogP contribution in [-0.4, -0.2) is 54.9 Å². The lowest BCUT2D eigenvalue weighted by molar-refractivity contribution is -0.120. The van der Waals surface area contributed by atoms with Crippen LogP contribution in [-0.2, 0) is 9.53 Å². The van der Waals surface area contributed by atoms with Crippen LogP contribution in [0.2, 0.25) is 5.02 Å². The monoisotopic (exact) mass is 298 g/mol. The van der Waals surface area contributed by atoms with E-state index in [0.29, 0.717) is 24.8 Å². The number of nitrogens with zero attached hydrogens (tertiary/aromatic N) is 1. The van der Waals surface area contributed by atoms with Gasteiger partial charge in [-0.1, -0.05) is 11.6 Å². The Bertz CT molecular complexity index is 481. The minimum atomic E-state index is -0.110. The summed E-state index contributed by atoms with van der Waals surface area (Å²) in [6.45, 7) is 3.84. The molecule has 1 unspecified atom stereocenters. The number of halogens is 1. The van der Waals surface area contributed by atoms with E-state index in [1.165, 1.54) is 0 Å². The number of morpholine rings is 1. The number of nitrogens with one attached hydrogen (secondary N) is 1. The number of rotatable bonds is 4. The first-order valence-corrected chi connectivity index (χ1v) is 6.96. The van der Waals surface area contributed by atoms with Gasteiger partial charge in [0, 0.05) is 17.3 Å². The molecular formula is C14H19ClN2O3. The largest absolute Gasteiger partial charge is 0.395 e. The van der Waals surface area contributed by atoms with Gasteiger partial charge in [-0.05, 0) is 30.7 Å². The SMILES string of the molecule is Cc1cc(Cl)ccc1NC(=O)CN1CCOCC1CO. The first-order valence-electron chi connectivity index (χ1n) is 6.59. The van der Waals surface area contributed by atoms with Crippen LogP contribution in [0.1, 0.15) is 5.56 Å². The zero-order valence-corrected chi connectivity index (χ0v) is 12.2. The van der Waals surface area contributed by atoms with E-state index in [2.05, 4.69) is 5.32 Å². The highest BCUT2D eigenvalue weighted by Gasteiger charge is 2.24. The molecule has 2 rings (SSSR count). The van der Waals surface area contributed by atoms with Gasteiger partial charge in [-0.2, -0.15) is 0 Å². The number of hydrogen-bond donors (Lipinski definition) is 2. The lowest BCUT2D eigenvalue weighted by Gasteiger charge is -2.33. The van der Waals surface area contributed by atoms with Crippen molar-refractivity contribution >= 4 is 23.2 Å². The summed E-state index contributed by atoms with van der Waals surface area (Å²) in [7, 11) is 0. The number of aliphatic hydroxyl groups is 1. The molecule has 1 heterocycles. The molecule has 0 spiro atoms. The van der Waals surface area contributed by atoms with Crippen molar-refractivity contribution < 1.29 is 14.6 Å². The van der Waals surface area contributed by atoms with E-state index < -0.39 is 0 Å². The highest BCUT2D eigenvalue weighted by atomic mass is 35.5. The van der Waals surface area contributed by atoms with Crippen LogP contribution in [0.15, 0.2) is 18.2 Å². The first-order chi connectivity index (χ1) is 9.60. The van der Waals surface area contributed by atoms with Crippen molar-refractivity contribution in [2.75, 3.05) is 38.2 Å². The van der Waals surface area contributed by atoms with E-state index in [1.807, 2.05) is 17.9 Å². The number of carbonyl (C=O) groups is 1.